The van der Waals surface area contributed by atoms with Crippen molar-refractivity contribution < 1.29 is 9.47 Å². The number of fused-ring (bicyclic) bond motifs is 1. The van der Waals surface area contributed by atoms with E-state index in [1.807, 2.05) is 7.11 Å². The van der Waals surface area contributed by atoms with E-state index in [1.165, 1.54) is 75.7 Å². The number of nitrogens with zero attached hydrogens (tertiary/aromatic N) is 2. The Morgan fingerprint density at radius 3 is 2.70 bits per heavy atom. The second-order valence-electron chi connectivity index (χ2n) is 13.7. The molecule has 4 aliphatic carbocycles. The van der Waals surface area contributed by atoms with E-state index < -0.39 is 0 Å². The minimum atomic E-state index is 0.171. The zero-order valence-electron chi connectivity index (χ0n) is 23.6. The Kier molecular flexibility index (Phi) is 5.36. The summed E-state index contributed by atoms with van der Waals surface area (Å²) in [6.45, 7) is 4.91. The molecule has 3 aromatic rings. The molecule has 40 heavy (non-hydrogen) atoms. The third-order valence-electron chi connectivity index (χ3n) is 12.1. The maximum absolute atomic E-state index is 6.87. The second-order valence-corrected chi connectivity index (χ2v) is 14.5. The Hall–Kier alpha value is -2.34. The standard InChI is InChI=1S/C35H40N2O2S/c1-38-29-10-9-25-17-30-34-13-11-28-31(26(18-34)21-37(28)20-23-5-3-2-4-6-23)35(34,14-15-36(30)19-24-7-8-24)32(25)33(29)39-27-12-16-40-22-27/h2-6,9-10,12,16,22,24,26,28,30-31H,7-8,11,13-15,17-21H2,1H3/t26-,28-,30-,31-,34-,35-/m1/s1. The summed E-state index contributed by atoms with van der Waals surface area (Å²) in [6, 6.07) is 19.2. The molecule has 6 atom stereocenters. The third-order valence-corrected chi connectivity index (χ3v) is 12.8. The van der Waals surface area contributed by atoms with E-state index in [0.29, 0.717) is 23.4 Å². The van der Waals surface area contributed by atoms with E-state index in [9.17, 15) is 0 Å². The van der Waals surface area contributed by atoms with Crippen LogP contribution >= 0.6 is 11.3 Å². The van der Waals surface area contributed by atoms with Gasteiger partial charge in [-0.2, -0.15) is 0 Å². The molecule has 0 N–H and O–H groups in total. The quantitative estimate of drug-likeness (QED) is 0.311. The molecular weight excluding hydrogens is 512 g/mol. The van der Waals surface area contributed by atoms with Crippen LogP contribution in [0.5, 0.6) is 17.2 Å². The number of benzene rings is 2. The van der Waals surface area contributed by atoms with Crippen molar-refractivity contribution in [2.24, 2.45) is 23.2 Å². The van der Waals surface area contributed by atoms with Crippen LogP contribution in [0, 0.1) is 23.2 Å². The van der Waals surface area contributed by atoms with E-state index in [4.69, 9.17) is 9.47 Å². The lowest BCUT2D eigenvalue weighted by Crippen LogP contribution is -2.69. The van der Waals surface area contributed by atoms with E-state index >= 15 is 0 Å². The smallest absolute Gasteiger partial charge is 0.173 e. The molecule has 208 valence electrons. The van der Waals surface area contributed by atoms with Gasteiger partial charge in [0.2, 0.25) is 0 Å². The first-order valence-electron chi connectivity index (χ1n) is 15.6. The van der Waals surface area contributed by atoms with Crippen molar-refractivity contribution in [3.8, 4) is 17.2 Å². The predicted molar refractivity (Wildman–Crippen MR) is 159 cm³/mol. The molecule has 2 saturated heterocycles. The highest BCUT2D eigenvalue weighted by atomic mass is 32.1. The molecule has 4 bridgehead atoms. The van der Waals surface area contributed by atoms with Gasteiger partial charge in [0.15, 0.2) is 11.5 Å². The number of ether oxygens (including phenoxy) is 2. The highest BCUT2D eigenvalue weighted by Crippen LogP contribution is 2.77. The number of methoxy groups -OCH3 is 1. The Morgan fingerprint density at radius 2 is 1.90 bits per heavy atom. The van der Waals surface area contributed by atoms with Crippen LogP contribution in [-0.4, -0.2) is 48.6 Å². The van der Waals surface area contributed by atoms with Crippen LogP contribution in [0.15, 0.2) is 59.3 Å². The molecular formula is C35H40N2O2S. The Labute approximate surface area is 242 Å². The van der Waals surface area contributed by atoms with Gasteiger partial charge >= 0.3 is 0 Å². The monoisotopic (exact) mass is 552 g/mol. The molecule has 3 heterocycles. The molecule has 0 spiro atoms. The van der Waals surface area contributed by atoms with Crippen molar-refractivity contribution in [1.82, 2.24) is 9.80 Å². The number of likely N-dealkylation sites (tertiary alicyclic amines) is 2. The molecule has 3 saturated carbocycles. The van der Waals surface area contributed by atoms with Gasteiger partial charge in [0.25, 0.3) is 0 Å². The number of hydrogen-bond acceptors (Lipinski definition) is 5. The molecule has 5 heteroatoms. The fourth-order valence-corrected chi connectivity index (χ4v) is 11.4. The molecule has 0 amide bonds. The van der Waals surface area contributed by atoms with Crippen LogP contribution in [0.3, 0.4) is 0 Å². The maximum Gasteiger partial charge on any atom is 0.173 e. The summed E-state index contributed by atoms with van der Waals surface area (Å²) in [6.07, 6.45) is 9.42. The molecule has 1 aromatic heterocycles. The van der Waals surface area contributed by atoms with Gasteiger partial charge in [-0.25, -0.2) is 0 Å². The van der Waals surface area contributed by atoms with Gasteiger partial charge in [-0.1, -0.05) is 36.4 Å². The predicted octanol–water partition coefficient (Wildman–Crippen LogP) is 7.13. The molecule has 0 unspecified atom stereocenters. The van der Waals surface area contributed by atoms with Crippen LogP contribution in [0.1, 0.15) is 55.2 Å². The summed E-state index contributed by atoms with van der Waals surface area (Å²) in [4.78, 5) is 5.85. The van der Waals surface area contributed by atoms with Crippen LogP contribution in [-0.2, 0) is 18.4 Å². The molecule has 4 nitrogen and oxygen atoms in total. The van der Waals surface area contributed by atoms with Crippen molar-refractivity contribution in [3.05, 3.63) is 76.0 Å². The van der Waals surface area contributed by atoms with Crippen molar-refractivity contribution >= 4 is 11.3 Å². The molecule has 5 fully saturated rings. The first-order chi connectivity index (χ1) is 19.7. The second kappa shape index (κ2) is 8.83. The number of rotatable bonds is 7. The number of piperidine rings is 1. The van der Waals surface area contributed by atoms with Crippen LogP contribution in [0.2, 0.25) is 0 Å². The van der Waals surface area contributed by atoms with Gasteiger partial charge < -0.3 is 9.47 Å². The first kappa shape index (κ1) is 24.3. The van der Waals surface area contributed by atoms with Gasteiger partial charge in [-0.3, -0.25) is 9.80 Å². The van der Waals surface area contributed by atoms with Crippen LogP contribution in [0.4, 0.5) is 0 Å². The Morgan fingerprint density at radius 1 is 1.00 bits per heavy atom. The summed E-state index contributed by atoms with van der Waals surface area (Å²) in [5.74, 6) is 5.30. The number of hydrogen-bond donors (Lipinski definition) is 0. The largest absolute Gasteiger partial charge is 0.493 e. The summed E-state index contributed by atoms with van der Waals surface area (Å²) < 4.78 is 12.9. The van der Waals surface area contributed by atoms with E-state index in [1.54, 1.807) is 16.9 Å². The molecule has 2 aromatic carbocycles. The van der Waals surface area contributed by atoms with Gasteiger partial charge in [0.1, 0.15) is 5.75 Å². The van der Waals surface area contributed by atoms with E-state index in [-0.39, 0.29) is 5.41 Å². The van der Waals surface area contributed by atoms with Crippen molar-refractivity contribution in [1.29, 1.82) is 0 Å². The first-order valence-corrected chi connectivity index (χ1v) is 16.6. The lowest BCUT2D eigenvalue weighted by Gasteiger charge is -2.66. The van der Waals surface area contributed by atoms with Gasteiger partial charge in [-0.05, 0) is 103 Å². The fraction of sp³-hybridized carbons (Fsp3) is 0.543. The maximum atomic E-state index is 6.87. The fourth-order valence-electron chi connectivity index (χ4n) is 10.8. The van der Waals surface area contributed by atoms with Crippen molar-refractivity contribution in [3.63, 3.8) is 0 Å². The van der Waals surface area contributed by atoms with E-state index in [2.05, 4.69) is 69.1 Å². The SMILES string of the molecule is COc1ccc2c(c1Oc1ccsc1)[C@]13CCN(CC4CC4)[C@H](C2)[C@]12CC[C@@H]1[C@H]3[C@@H](CN1Cc1ccccc1)C2. The summed E-state index contributed by atoms with van der Waals surface area (Å²) in [5.41, 5.74) is 5.07. The molecule has 2 aliphatic heterocycles. The zero-order valence-corrected chi connectivity index (χ0v) is 24.4. The summed E-state index contributed by atoms with van der Waals surface area (Å²) >= 11 is 1.71. The highest BCUT2D eigenvalue weighted by molar-refractivity contribution is 7.08. The van der Waals surface area contributed by atoms with Gasteiger partial charge in [0.05, 0.1) is 7.11 Å². The lowest BCUT2D eigenvalue weighted by molar-refractivity contribution is -0.106. The van der Waals surface area contributed by atoms with Gasteiger partial charge in [0, 0.05) is 48.1 Å². The van der Waals surface area contributed by atoms with Crippen LogP contribution < -0.4 is 9.47 Å². The third kappa shape index (κ3) is 3.26. The topological polar surface area (TPSA) is 24.9 Å². The Bertz CT molecular complexity index is 1420. The van der Waals surface area contributed by atoms with Crippen molar-refractivity contribution in [2.75, 3.05) is 26.7 Å². The zero-order chi connectivity index (χ0) is 26.5. The average Bonchev–Trinajstić information content (AvgIpc) is 3.43. The molecule has 6 aliphatic rings. The summed E-state index contributed by atoms with van der Waals surface area (Å²) in [5, 5.41) is 4.26. The minimum absolute atomic E-state index is 0.171. The molecule has 9 rings (SSSR count). The molecule has 0 radical (unpaired) electrons. The summed E-state index contributed by atoms with van der Waals surface area (Å²) in [7, 11) is 1.82. The van der Waals surface area contributed by atoms with E-state index in [0.717, 1.165) is 35.6 Å². The van der Waals surface area contributed by atoms with Crippen molar-refractivity contribution in [2.45, 2.75) is 69.0 Å². The number of thiophene rings is 1. The normalized spacial score (nSPS) is 35.8. The highest BCUT2D eigenvalue weighted by Gasteiger charge is 2.76. The Balaban J connectivity index is 1.21. The van der Waals surface area contributed by atoms with Gasteiger partial charge in [-0.15, -0.1) is 11.3 Å². The minimum Gasteiger partial charge on any atom is -0.493 e. The lowest BCUT2D eigenvalue weighted by atomic mass is 9.43. The average molecular weight is 553 g/mol. The van der Waals surface area contributed by atoms with Crippen LogP contribution in [0.25, 0.3) is 0 Å².